The Balaban J connectivity index is 2.61. The second-order valence-corrected chi connectivity index (χ2v) is 4.08. The molecule has 0 saturated heterocycles. The van der Waals surface area contributed by atoms with Gasteiger partial charge >= 0.3 is 0 Å². The molecule has 0 aromatic carbocycles. The van der Waals surface area contributed by atoms with Crippen LogP contribution in [0.15, 0.2) is 12.5 Å². The van der Waals surface area contributed by atoms with Crippen LogP contribution < -0.4 is 0 Å². The van der Waals surface area contributed by atoms with E-state index in [9.17, 15) is 0 Å². The fourth-order valence-electron chi connectivity index (χ4n) is 1.10. The third-order valence-electron chi connectivity index (χ3n) is 1.85. The molecule has 4 nitrogen and oxygen atoms in total. The highest BCUT2D eigenvalue weighted by Gasteiger charge is 2.17. The van der Waals surface area contributed by atoms with Gasteiger partial charge in [-0.3, -0.25) is 0 Å². The van der Waals surface area contributed by atoms with Crippen molar-refractivity contribution in [1.29, 1.82) is 0 Å². The van der Waals surface area contributed by atoms with Gasteiger partial charge in [-0.05, 0) is 0 Å². The number of hydrogen-bond acceptors (Lipinski definition) is 3. The van der Waals surface area contributed by atoms with Crippen LogP contribution in [-0.2, 0) is 5.41 Å². The largest absolute Gasteiger partial charge is 0.329 e. The Morgan fingerprint density at radius 2 is 2.00 bits per heavy atom. The number of aromatic nitrogens is 4. The van der Waals surface area contributed by atoms with Crippen LogP contribution in [0, 0.1) is 0 Å². The lowest BCUT2D eigenvalue weighted by molar-refractivity contribution is 0.548. The van der Waals surface area contributed by atoms with E-state index in [-0.39, 0.29) is 5.41 Å². The van der Waals surface area contributed by atoms with Crippen LogP contribution in [0.4, 0.5) is 0 Å². The summed E-state index contributed by atoms with van der Waals surface area (Å²) < 4.78 is 0. The van der Waals surface area contributed by atoms with Crippen LogP contribution in [0.25, 0.3) is 11.2 Å². The summed E-state index contributed by atoms with van der Waals surface area (Å²) in [5.74, 6) is 0.837. The van der Waals surface area contributed by atoms with Crippen molar-refractivity contribution < 1.29 is 0 Å². The van der Waals surface area contributed by atoms with Gasteiger partial charge in [0.1, 0.15) is 11.3 Å². The van der Waals surface area contributed by atoms with E-state index in [0.717, 1.165) is 17.0 Å². The van der Waals surface area contributed by atoms with E-state index in [0.29, 0.717) is 0 Å². The summed E-state index contributed by atoms with van der Waals surface area (Å²) in [7, 11) is 0. The molecule has 0 unspecified atom stereocenters. The minimum atomic E-state index is -0.0146. The first-order chi connectivity index (χ1) is 6.07. The number of hydrogen-bond donors (Lipinski definition) is 1. The molecular formula is C9H12N4. The van der Waals surface area contributed by atoms with Crippen molar-refractivity contribution in [2.45, 2.75) is 26.2 Å². The average Bonchev–Trinajstić information content (AvgIpc) is 2.47. The molecule has 2 aromatic heterocycles. The second-order valence-electron chi connectivity index (χ2n) is 4.08. The molecule has 0 radical (unpaired) electrons. The predicted molar refractivity (Wildman–Crippen MR) is 50.4 cm³/mol. The number of rotatable bonds is 0. The van der Waals surface area contributed by atoms with Crippen LogP contribution in [0.5, 0.6) is 0 Å². The number of H-pyrrole nitrogens is 1. The molecule has 68 valence electrons. The normalized spacial score (nSPS) is 12.2. The maximum atomic E-state index is 4.38. The molecule has 2 heterocycles. The molecule has 13 heavy (non-hydrogen) atoms. The molecule has 2 aromatic rings. The lowest BCUT2D eigenvalue weighted by atomic mass is 9.96. The summed E-state index contributed by atoms with van der Waals surface area (Å²) in [6.07, 6.45) is 3.38. The van der Waals surface area contributed by atoms with E-state index in [1.807, 2.05) is 0 Å². The van der Waals surface area contributed by atoms with Gasteiger partial charge in [0.2, 0.25) is 0 Å². The van der Waals surface area contributed by atoms with Gasteiger partial charge in [-0.2, -0.15) is 0 Å². The van der Waals surface area contributed by atoms with E-state index < -0.39 is 0 Å². The standard InChI is InChI=1S/C9H12N4/c1-9(2,3)8-10-4-6-7(13-8)12-5-11-6/h4-5H,1-3H3,(H,10,11,12,13). The van der Waals surface area contributed by atoms with Crippen LogP contribution in [-0.4, -0.2) is 19.9 Å². The summed E-state index contributed by atoms with van der Waals surface area (Å²) in [5, 5.41) is 0. The molecule has 0 bridgehead atoms. The van der Waals surface area contributed by atoms with Crippen LogP contribution in [0.3, 0.4) is 0 Å². The second kappa shape index (κ2) is 2.52. The van der Waals surface area contributed by atoms with Crippen molar-refractivity contribution in [3.05, 3.63) is 18.3 Å². The highest BCUT2D eigenvalue weighted by atomic mass is 15.0. The van der Waals surface area contributed by atoms with Crippen LogP contribution in [0.2, 0.25) is 0 Å². The topological polar surface area (TPSA) is 54.5 Å². The zero-order valence-electron chi connectivity index (χ0n) is 8.00. The highest BCUT2D eigenvalue weighted by molar-refractivity contribution is 5.68. The number of nitrogens with one attached hydrogen (secondary N) is 1. The molecule has 0 saturated carbocycles. The fraction of sp³-hybridized carbons (Fsp3) is 0.444. The predicted octanol–water partition coefficient (Wildman–Crippen LogP) is 1.65. The summed E-state index contributed by atoms with van der Waals surface area (Å²) in [4.78, 5) is 15.7. The number of fused-ring (bicyclic) bond motifs is 1. The van der Waals surface area contributed by atoms with Crippen LogP contribution in [0.1, 0.15) is 26.6 Å². The van der Waals surface area contributed by atoms with Crippen molar-refractivity contribution in [3.8, 4) is 0 Å². The zero-order chi connectivity index (χ0) is 9.47. The minimum absolute atomic E-state index is 0.0146. The van der Waals surface area contributed by atoms with Crippen molar-refractivity contribution >= 4 is 11.2 Å². The monoisotopic (exact) mass is 176 g/mol. The van der Waals surface area contributed by atoms with Crippen LogP contribution >= 0.6 is 0 Å². The third kappa shape index (κ3) is 1.39. The van der Waals surface area contributed by atoms with Crippen molar-refractivity contribution in [1.82, 2.24) is 19.9 Å². The highest BCUT2D eigenvalue weighted by Crippen LogP contribution is 2.18. The van der Waals surface area contributed by atoms with Gasteiger partial charge in [0.25, 0.3) is 0 Å². The van der Waals surface area contributed by atoms with E-state index in [1.165, 1.54) is 0 Å². The molecule has 4 heteroatoms. The smallest absolute Gasteiger partial charge is 0.160 e. The van der Waals surface area contributed by atoms with Gasteiger partial charge < -0.3 is 4.98 Å². The Kier molecular flexibility index (Phi) is 1.58. The van der Waals surface area contributed by atoms with Gasteiger partial charge in [-0.25, -0.2) is 15.0 Å². The molecule has 0 aliphatic carbocycles. The molecule has 1 N–H and O–H groups in total. The quantitative estimate of drug-likeness (QED) is 0.664. The molecule has 0 spiro atoms. The molecule has 0 amide bonds. The maximum Gasteiger partial charge on any atom is 0.160 e. The SMILES string of the molecule is CC(C)(C)c1ncc2nc[nH]c2n1. The maximum absolute atomic E-state index is 4.38. The van der Waals surface area contributed by atoms with E-state index in [1.54, 1.807) is 12.5 Å². The summed E-state index contributed by atoms with van der Waals surface area (Å²) in [6.45, 7) is 6.26. The number of nitrogens with zero attached hydrogens (tertiary/aromatic N) is 3. The van der Waals surface area contributed by atoms with E-state index >= 15 is 0 Å². The van der Waals surface area contributed by atoms with Gasteiger partial charge in [0.05, 0.1) is 12.5 Å². The van der Waals surface area contributed by atoms with Gasteiger partial charge in [0, 0.05) is 5.41 Å². The molecular weight excluding hydrogens is 164 g/mol. The first kappa shape index (κ1) is 8.16. The minimum Gasteiger partial charge on any atom is -0.329 e. The number of aromatic amines is 1. The first-order valence-electron chi connectivity index (χ1n) is 4.24. The Morgan fingerprint density at radius 3 is 2.69 bits per heavy atom. The summed E-state index contributed by atoms with van der Waals surface area (Å²) in [5.41, 5.74) is 1.60. The Morgan fingerprint density at radius 1 is 1.23 bits per heavy atom. The average molecular weight is 176 g/mol. The fourth-order valence-corrected chi connectivity index (χ4v) is 1.10. The molecule has 0 aliphatic heterocycles. The first-order valence-corrected chi connectivity index (χ1v) is 4.24. The lowest BCUT2D eigenvalue weighted by Crippen LogP contribution is -2.15. The third-order valence-corrected chi connectivity index (χ3v) is 1.85. The van der Waals surface area contributed by atoms with E-state index in [2.05, 4.69) is 40.7 Å². The Hall–Kier alpha value is -1.45. The van der Waals surface area contributed by atoms with Gasteiger partial charge in [0.15, 0.2) is 5.65 Å². The van der Waals surface area contributed by atoms with Gasteiger partial charge in [-0.1, -0.05) is 20.8 Å². The molecule has 0 fully saturated rings. The number of imidazole rings is 1. The zero-order valence-corrected chi connectivity index (χ0v) is 8.00. The Labute approximate surface area is 76.4 Å². The molecule has 0 aliphatic rings. The van der Waals surface area contributed by atoms with Crippen molar-refractivity contribution in [2.24, 2.45) is 0 Å². The molecule has 0 atom stereocenters. The van der Waals surface area contributed by atoms with E-state index in [4.69, 9.17) is 0 Å². The van der Waals surface area contributed by atoms with Gasteiger partial charge in [-0.15, -0.1) is 0 Å². The summed E-state index contributed by atoms with van der Waals surface area (Å²) in [6, 6.07) is 0. The van der Waals surface area contributed by atoms with Crippen molar-refractivity contribution in [3.63, 3.8) is 0 Å². The van der Waals surface area contributed by atoms with Crippen molar-refractivity contribution in [2.75, 3.05) is 0 Å². The summed E-state index contributed by atoms with van der Waals surface area (Å²) >= 11 is 0. The Bertz CT molecular complexity index is 424. The lowest BCUT2D eigenvalue weighted by Gasteiger charge is -2.15. The molecule has 2 rings (SSSR count).